The number of nitrogens with zero attached hydrogens (tertiary/aromatic N) is 2. The van der Waals surface area contributed by atoms with E-state index >= 15 is 0 Å². The number of hydrogen-bond acceptors (Lipinski definition) is 3. The van der Waals surface area contributed by atoms with Gasteiger partial charge in [-0.25, -0.2) is 0 Å². The van der Waals surface area contributed by atoms with Crippen LogP contribution in [0.2, 0.25) is 0 Å². The summed E-state index contributed by atoms with van der Waals surface area (Å²) in [6.45, 7) is 11.5. The molecule has 4 rings (SSSR count). The molecule has 0 N–H and O–H groups in total. The van der Waals surface area contributed by atoms with Crippen LogP contribution in [0.5, 0.6) is 5.75 Å². The standard InChI is InChI=1S/C29H34N2O2/c1-21(2)33-26-14-12-25(13-15-26)29(32)31-18-16-30(17-19-31)28(24-8-6-5-7-9-24)27-20-22(3)10-11-23(27)4/h5-15,20-21,28H,16-19H2,1-4H3/t28-/m1/s1. The third-order valence-electron chi connectivity index (χ3n) is 6.28. The summed E-state index contributed by atoms with van der Waals surface area (Å²) in [7, 11) is 0. The van der Waals surface area contributed by atoms with E-state index in [1.54, 1.807) is 0 Å². The van der Waals surface area contributed by atoms with Crippen molar-refractivity contribution in [3.63, 3.8) is 0 Å². The first-order valence-corrected chi connectivity index (χ1v) is 11.8. The van der Waals surface area contributed by atoms with Crippen LogP contribution >= 0.6 is 0 Å². The number of hydrogen-bond donors (Lipinski definition) is 0. The Bertz CT molecular complexity index is 1070. The third-order valence-corrected chi connectivity index (χ3v) is 6.28. The molecule has 0 radical (unpaired) electrons. The molecule has 0 saturated carbocycles. The highest BCUT2D eigenvalue weighted by molar-refractivity contribution is 5.94. The van der Waals surface area contributed by atoms with E-state index in [2.05, 4.69) is 67.3 Å². The minimum Gasteiger partial charge on any atom is -0.491 e. The van der Waals surface area contributed by atoms with Crippen LogP contribution in [0.25, 0.3) is 0 Å². The molecule has 1 heterocycles. The summed E-state index contributed by atoms with van der Waals surface area (Å²) in [4.78, 5) is 17.6. The number of amides is 1. The van der Waals surface area contributed by atoms with E-state index in [0.717, 1.165) is 31.9 Å². The summed E-state index contributed by atoms with van der Waals surface area (Å²) in [5.41, 5.74) is 5.94. The van der Waals surface area contributed by atoms with E-state index in [1.165, 1.54) is 22.3 Å². The quantitative estimate of drug-likeness (QED) is 0.495. The Morgan fingerprint density at radius 1 is 0.848 bits per heavy atom. The average Bonchev–Trinajstić information content (AvgIpc) is 2.82. The van der Waals surface area contributed by atoms with Gasteiger partial charge in [-0.1, -0.05) is 54.1 Å². The molecular formula is C29H34N2O2. The van der Waals surface area contributed by atoms with Crippen LogP contribution in [0, 0.1) is 13.8 Å². The molecule has 172 valence electrons. The Balaban J connectivity index is 1.49. The number of ether oxygens (including phenoxy) is 1. The van der Waals surface area contributed by atoms with Gasteiger partial charge in [-0.3, -0.25) is 9.69 Å². The van der Waals surface area contributed by atoms with Gasteiger partial charge in [0.15, 0.2) is 0 Å². The lowest BCUT2D eigenvalue weighted by molar-refractivity contribution is 0.0597. The number of benzene rings is 3. The van der Waals surface area contributed by atoms with Crippen molar-refractivity contribution >= 4 is 5.91 Å². The number of rotatable bonds is 6. The van der Waals surface area contributed by atoms with E-state index in [9.17, 15) is 4.79 Å². The lowest BCUT2D eigenvalue weighted by atomic mass is 9.92. The van der Waals surface area contributed by atoms with Gasteiger partial charge in [-0.2, -0.15) is 0 Å². The molecular weight excluding hydrogens is 408 g/mol. The fraction of sp³-hybridized carbons (Fsp3) is 0.345. The second-order valence-corrected chi connectivity index (χ2v) is 9.19. The second-order valence-electron chi connectivity index (χ2n) is 9.19. The van der Waals surface area contributed by atoms with Crippen LogP contribution in [0.3, 0.4) is 0 Å². The molecule has 0 aromatic heterocycles. The van der Waals surface area contributed by atoms with Gasteiger partial charge < -0.3 is 9.64 Å². The molecule has 33 heavy (non-hydrogen) atoms. The van der Waals surface area contributed by atoms with Gasteiger partial charge in [0.1, 0.15) is 5.75 Å². The van der Waals surface area contributed by atoms with Crippen molar-refractivity contribution in [3.05, 3.63) is 101 Å². The summed E-state index contributed by atoms with van der Waals surface area (Å²) in [5.74, 6) is 0.888. The van der Waals surface area contributed by atoms with E-state index in [0.29, 0.717) is 5.56 Å². The molecule has 1 aliphatic heterocycles. The van der Waals surface area contributed by atoms with Crippen molar-refractivity contribution in [3.8, 4) is 5.75 Å². The van der Waals surface area contributed by atoms with Crippen LogP contribution in [0.4, 0.5) is 0 Å². The lowest BCUT2D eigenvalue weighted by Crippen LogP contribution is -2.50. The van der Waals surface area contributed by atoms with Crippen LogP contribution in [0.1, 0.15) is 52.5 Å². The molecule has 1 fully saturated rings. The summed E-state index contributed by atoms with van der Waals surface area (Å²) in [6.07, 6.45) is 0.120. The maximum atomic E-state index is 13.1. The van der Waals surface area contributed by atoms with Gasteiger partial charge in [0, 0.05) is 31.7 Å². The van der Waals surface area contributed by atoms with Gasteiger partial charge in [0.2, 0.25) is 0 Å². The molecule has 4 heteroatoms. The third kappa shape index (κ3) is 5.45. The smallest absolute Gasteiger partial charge is 0.253 e. The van der Waals surface area contributed by atoms with Crippen LogP contribution in [0.15, 0.2) is 72.8 Å². The summed E-state index contributed by atoms with van der Waals surface area (Å²) >= 11 is 0. The minimum absolute atomic E-state index is 0.0914. The topological polar surface area (TPSA) is 32.8 Å². The van der Waals surface area contributed by atoms with Crippen molar-refractivity contribution in [1.82, 2.24) is 9.80 Å². The lowest BCUT2D eigenvalue weighted by Gasteiger charge is -2.40. The predicted molar refractivity (Wildman–Crippen MR) is 134 cm³/mol. The average molecular weight is 443 g/mol. The molecule has 4 nitrogen and oxygen atoms in total. The van der Waals surface area contributed by atoms with Gasteiger partial charge >= 0.3 is 0 Å². The molecule has 0 aliphatic carbocycles. The largest absolute Gasteiger partial charge is 0.491 e. The van der Waals surface area contributed by atoms with E-state index in [1.807, 2.05) is 43.0 Å². The highest BCUT2D eigenvalue weighted by Crippen LogP contribution is 2.32. The Labute approximate surface area is 197 Å². The molecule has 0 bridgehead atoms. The summed E-state index contributed by atoms with van der Waals surface area (Å²) < 4.78 is 5.71. The monoisotopic (exact) mass is 442 g/mol. The summed E-state index contributed by atoms with van der Waals surface area (Å²) in [5, 5.41) is 0. The van der Waals surface area contributed by atoms with Gasteiger partial charge in [-0.05, 0) is 68.7 Å². The molecule has 1 saturated heterocycles. The van der Waals surface area contributed by atoms with Crippen LogP contribution in [-0.2, 0) is 0 Å². The highest BCUT2D eigenvalue weighted by atomic mass is 16.5. The maximum Gasteiger partial charge on any atom is 0.253 e. The van der Waals surface area contributed by atoms with Gasteiger partial charge in [0.05, 0.1) is 12.1 Å². The number of piperazine rings is 1. The molecule has 0 unspecified atom stereocenters. The zero-order valence-electron chi connectivity index (χ0n) is 20.1. The molecule has 3 aromatic rings. The normalized spacial score (nSPS) is 15.5. The van der Waals surface area contributed by atoms with Crippen molar-refractivity contribution < 1.29 is 9.53 Å². The van der Waals surface area contributed by atoms with E-state index in [4.69, 9.17) is 4.74 Å². The van der Waals surface area contributed by atoms with Gasteiger partial charge in [-0.15, -0.1) is 0 Å². The van der Waals surface area contributed by atoms with Crippen molar-refractivity contribution in [2.75, 3.05) is 26.2 Å². The zero-order valence-corrected chi connectivity index (χ0v) is 20.1. The molecule has 0 spiro atoms. The minimum atomic E-state index is 0.0914. The Morgan fingerprint density at radius 3 is 2.15 bits per heavy atom. The first-order chi connectivity index (χ1) is 15.9. The highest BCUT2D eigenvalue weighted by Gasteiger charge is 2.29. The SMILES string of the molecule is Cc1ccc(C)c([C@@H](c2ccccc2)N2CCN(C(=O)c3ccc(OC(C)C)cc3)CC2)c1. The molecule has 1 aliphatic rings. The predicted octanol–water partition coefficient (Wildman–Crippen LogP) is 5.64. The number of carbonyl (C=O) groups is 1. The van der Waals surface area contributed by atoms with Crippen molar-refractivity contribution in [2.45, 2.75) is 39.8 Å². The maximum absolute atomic E-state index is 13.1. The Hall–Kier alpha value is -3.11. The fourth-order valence-corrected chi connectivity index (χ4v) is 4.59. The van der Waals surface area contributed by atoms with Crippen molar-refractivity contribution in [2.24, 2.45) is 0 Å². The van der Waals surface area contributed by atoms with E-state index in [-0.39, 0.29) is 18.1 Å². The molecule has 1 amide bonds. The number of carbonyl (C=O) groups excluding carboxylic acids is 1. The first-order valence-electron chi connectivity index (χ1n) is 11.8. The fourth-order valence-electron chi connectivity index (χ4n) is 4.59. The van der Waals surface area contributed by atoms with Crippen molar-refractivity contribution in [1.29, 1.82) is 0 Å². The molecule has 1 atom stereocenters. The first kappa shape index (κ1) is 23.1. The summed E-state index contributed by atoms with van der Waals surface area (Å²) in [6, 6.07) is 25.1. The molecule has 3 aromatic carbocycles. The van der Waals surface area contributed by atoms with Crippen LogP contribution in [-0.4, -0.2) is 48.0 Å². The Kier molecular flexibility index (Phi) is 7.14. The van der Waals surface area contributed by atoms with E-state index < -0.39 is 0 Å². The van der Waals surface area contributed by atoms with Gasteiger partial charge in [0.25, 0.3) is 5.91 Å². The number of aryl methyl sites for hydroxylation is 2. The Morgan fingerprint density at radius 2 is 1.52 bits per heavy atom. The van der Waals surface area contributed by atoms with Crippen LogP contribution < -0.4 is 4.74 Å². The zero-order chi connectivity index (χ0) is 23.4. The second kappa shape index (κ2) is 10.2.